The van der Waals surface area contributed by atoms with Gasteiger partial charge in [0.25, 0.3) is 5.56 Å². The van der Waals surface area contributed by atoms with Crippen molar-refractivity contribution in [1.82, 2.24) is 9.78 Å². The summed E-state index contributed by atoms with van der Waals surface area (Å²) in [4.78, 5) is 11.1. The third-order valence-corrected chi connectivity index (χ3v) is 2.08. The summed E-state index contributed by atoms with van der Waals surface area (Å²) in [6.07, 6.45) is 2.11. The second-order valence-corrected chi connectivity index (χ2v) is 2.85. The van der Waals surface area contributed by atoms with E-state index >= 15 is 0 Å². The molecule has 0 bridgehead atoms. The van der Waals surface area contributed by atoms with Crippen LogP contribution in [0.2, 0.25) is 0 Å². The van der Waals surface area contributed by atoms with Crippen molar-refractivity contribution in [2.45, 2.75) is 12.8 Å². The Bertz CT molecular complexity index is 323. The molecular formula is C7H11N3O. The van der Waals surface area contributed by atoms with Gasteiger partial charge in [0.15, 0.2) is 0 Å². The molecule has 1 aliphatic rings. The molecule has 0 aromatic carbocycles. The molecule has 2 N–H and O–H groups in total. The lowest BCUT2D eigenvalue weighted by molar-refractivity contribution is 0.678. The third-order valence-electron chi connectivity index (χ3n) is 2.08. The van der Waals surface area contributed by atoms with E-state index < -0.39 is 0 Å². The maximum Gasteiger partial charge on any atom is 0.287 e. The Labute approximate surface area is 64.2 Å². The third kappa shape index (κ3) is 0.859. The topological polar surface area (TPSA) is 49.8 Å². The first kappa shape index (κ1) is 6.52. The van der Waals surface area contributed by atoms with E-state index in [1.54, 1.807) is 4.68 Å². The van der Waals surface area contributed by atoms with E-state index in [0.717, 1.165) is 30.8 Å². The van der Waals surface area contributed by atoms with Crippen molar-refractivity contribution in [3.05, 3.63) is 16.0 Å². The normalized spacial score (nSPS) is 15.7. The average molecular weight is 153 g/mol. The molecular weight excluding hydrogens is 142 g/mol. The first-order valence-electron chi connectivity index (χ1n) is 3.81. The van der Waals surface area contributed by atoms with Crippen LogP contribution in [-0.4, -0.2) is 16.3 Å². The Morgan fingerprint density at radius 1 is 1.55 bits per heavy atom. The number of anilines is 1. The van der Waals surface area contributed by atoms with Gasteiger partial charge < -0.3 is 5.32 Å². The molecule has 1 aliphatic heterocycles. The van der Waals surface area contributed by atoms with Crippen molar-refractivity contribution in [2.75, 3.05) is 11.9 Å². The standard InChI is InChI=1S/C7H11N3O/c1-10-5-3-2-4-8-6(5)7(11)9-10/h8H,2-4H2,1H3,(H,9,11). The molecule has 0 saturated heterocycles. The summed E-state index contributed by atoms with van der Waals surface area (Å²) in [6, 6.07) is 0. The second-order valence-electron chi connectivity index (χ2n) is 2.85. The molecule has 4 heteroatoms. The fraction of sp³-hybridized carbons (Fsp3) is 0.571. The van der Waals surface area contributed by atoms with Gasteiger partial charge in [-0.1, -0.05) is 0 Å². The number of hydrogen-bond donors (Lipinski definition) is 2. The van der Waals surface area contributed by atoms with Gasteiger partial charge in [-0.2, -0.15) is 0 Å². The summed E-state index contributed by atoms with van der Waals surface area (Å²) < 4.78 is 1.80. The van der Waals surface area contributed by atoms with Crippen molar-refractivity contribution in [1.29, 1.82) is 0 Å². The van der Waals surface area contributed by atoms with Crippen molar-refractivity contribution in [2.24, 2.45) is 7.05 Å². The minimum atomic E-state index is 0.00204. The molecule has 0 spiro atoms. The predicted molar refractivity (Wildman–Crippen MR) is 42.8 cm³/mol. The molecule has 2 rings (SSSR count). The van der Waals surface area contributed by atoms with Crippen molar-refractivity contribution < 1.29 is 0 Å². The molecule has 60 valence electrons. The van der Waals surface area contributed by atoms with Gasteiger partial charge >= 0.3 is 0 Å². The smallest absolute Gasteiger partial charge is 0.287 e. The van der Waals surface area contributed by atoms with Gasteiger partial charge in [0, 0.05) is 13.6 Å². The van der Waals surface area contributed by atoms with Crippen LogP contribution in [0.5, 0.6) is 0 Å². The highest BCUT2D eigenvalue weighted by atomic mass is 16.1. The van der Waals surface area contributed by atoms with E-state index in [2.05, 4.69) is 10.4 Å². The summed E-state index contributed by atoms with van der Waals surface area (Å²) in [5, 5.41) is 5.80. The van der Waals surface area contributed by atoms with Crippen LogP contribution in [0.4, 0.5) is 5.69 Å². The lowest BCUT2D eigenvalue weighted by Gasteiger charge is -2.12. The van der Waals surface area contributed by atoms with E-state index in [4.69, 9.17) is 0 Å². The summed E-state index contributed by atoms with van der Waals surface area (Å²) in [5.74, 6) is 0. The molecule has 4 nitrogen and oxygen atoms in total. The monoisotopic (exact) mass is 153 g/mol. The summed E-state index contributed by atoms with van der Waals surface area (Å²) in [7, 11) is 1.87. The highest BCUT2D eigenvalue weighted by Gasteiger charge is 2.15. The number of aromatic amines is 1. The molecule has 1 aromatic heterocycles. The lowest BCUT2D eigenvalue weighted by Crippen LogP contribution is -2.16. The number of nitrogens with zero attached hydrogens (tertiary/aromatic N) is 1. The molecule has 0 atom stereocenters. The molecule has 11 heavy (non-hydrogen) atoms. The minimum Gasteiger partial charge on any atom is -0.379 e. The zero-order valence-corrected chi connectivity index (χ0v) is 6.48. The fourth-order valence-corrected chi connectivity index (χ4v) is 1.52. The van der Waals surface area contributed by atoms with Gasteiger partial charge in [0.2, 0.25) is 0 Å². The summed E-state index contributed by atoms with van der Waals surface area (Å²) >= 11 is 0. The SMILES string of the molecule is Cn1[nH]c(=O)c2c1CCCN2. The quantitative estimate of drug-likeness (QED) is 0.554. The number of H-pyrrole nitrogens is 1. The van der Waals surface area contributed by atoms with Crippen LogP contribution in [0.1, 0.15) is 12.1 Å². The van der Waals surface area contributed by atoms with Gasteiger partial charge in [-0.05, 0) is 12.8 Å². The Morgan fingerprint density at radius 3 is 3.09 bits per heavy atom. The first-order chi connectivity index (χ1) is 5.29. The van der Waals surface area contributed by atoms with Crippen LogP contribution in [0.25, 0.3) is 0 Å². The highest BCUT2D eigenvalue weighted by Crippen LogP contribution is 2.15. The van der Waals surface area contributed by atoms with E-state index in [9.17, 15) is 4.79 Å². The number of nitrogens with one attached hydrogen (secondary N) is 2. The average Bonchev–Trinajstić information content (AvgIpc) is 2.30. The number of aromatic nitrogens is 2. The van der Waals surface area contributed by atoms with Gasteiger partial charge in [-0.15, -0.1) is 0 Å². The number of aryl methyl sites for hydroxylation is 1. The Kier molecular flexibility index (Phi) is 1.27. The van der Waals surface area contributed by atoms with Crippen LogP contribution >= 0.6 is 0 Å². The van der Waals surface area contributed by atoms with Crippen LogP contribution in [0.15, 0.2) is 4.79 Å². The van der Waals surface area contributed by atoms with Crippen LogP contribution in [-0.2, 0) is 13.5 Å². The van der Waals surface area contributed by atoms with Crippen molar-refractivity contribution in [3.63, 3.8) is 0 Å². The Morgan fingerprint density at radius 2 is 2.36 bits per heavy atom. The molecule has 0 unspecified atom stereocenters. The zero-order chi connectivity index (χ0) is 7.84. The summed E-state index contributed by atoms with van der Waals surface area (Å²) in [5.41, 5.74) is 1.86. The fourth-order valence-electron chi connectivity index (χ4n) is 1.52. The van der Waals surface area contributed by atoms with Crippen molar-refractivity contribution in [3.8, 4) is 0 Å². The second kappa shape index (κ2) is 2.15. The summed E-state index contributed by atoms with van der Waals surface area (Å²) in [6.45, 7) is 0.917. The van der Waals surface area contributed by atoms with Gasteiger partial charge in [0.05, 0.1) is 5.69 Å². The highest BCUT2D eigenvalue weighted by molar-refractivity contribution is 5.48. The maximum absolute atomic E-state index is 11.1. The van der Waals surface area contributed by atoms with Gasteiger partial charge in [-0.3, -0.25) is 14.6 Å². The molecule has 0 fully saturated rings. The Balaban J connectivity index is 2.61. The van der Waals surface area contributed by atoms with Gasteiger partial charge in [0.1, 0.15) is 5.69 Å². The molecule has 0 saturated carbocycles. The van der Waals surface area contributed by atoms with Gasteiger partial charge in [-0.25, -0.2) is 0 Å². The molecule has 0 radical (unpaired) electrons. The maximum atomic E-state index is 11.1. The van der Waals surface area contributed by atoms with Crippen molar-refractivity contribution >= 4 is 5.69 Å². The molecule has 2 heterocycles. The molecule has 1 aromatic rings. The van der Waals surface area contributed by atoms with E-state index in [1.165, 1.54) is 0 Å². The van der Waals surface area contributed by atoms with E-state index in [0.29, 0.717) is 0 Å². The predicted octanol–water partition coefficient (Wildman–Crippen LogP) is 0.0715. The number of fused-ring (bicyclic) bond motifs is 1. The van der Waals surface area contributed by atoms with Crippen LogP contribution in [0.3, 0.4) is 0 Å². The first-order valence-corrected chi connectivity index (χ1v) is 3.81. The van der Waals surface area contributed by atoms with Crippen LogP contribution in [0, 0.1) is 0 Å². The number of hydrogen-bond acceptors (Lipinski definition) is 2. The minimum absolute atomic E-state index is 0.00204. The molecule has 0 aliphatic carbocycles. The lowest BCUT2D eigenvalue weighted by atomic mass is 10.1. The van der Waals surface area contributed by atoms with Crippen LogP contribution < -0.4 is 10.9 Å². The Hall–Kier alpha value is -1.19. The van der Waals surface area contributed by atoms with E-state index in [1.807, 2.05) is 7.05 Å². The number of rotatable bonds is 0. The largest absolute Gasteiger partial charge is 0.379 e. The molecule has 0 amide bonds. The van der Waals surface area contributed by atoms with E-state index in [-0.39, 0.29) is 5.56 Å². The zero-order valence-electron chi connectivity index (χ0n) is 6.48.